The fourth-order valence-electron chi connectivity index (χ4n) is 3.42. The van der Waals surface area contributed by atoms with Crippen molar-refractivity contribution in [3.8, 4) is 5.69 Å². The van der Waals surface area contributed by atoms with Gasteiger partial charge < -0.3 is 0 Å². The zero-order chi connectivity index (χ0) is 16.6. The SMILES string of the molecule is CC1C[C@@H]1c1cc2c(=O)n3c(nc2cn1)C(=O)c1cc(Cl)ccc1-3. The second-order valence-electron chi connectivity index (χ2n) is 6.51. The van der Waals surface area contributed by atoms with Crippen molar-refractivity contribution in [2.45, 2.75) is 19.3 Å². The first-order valence-electron chi connectivity index (χ1n) is 7.82. The molecule has 2 aromatic heterocycles. The van der Waals surface area contributed by atoms with Crippen molar-refractivity contribution >= 4 is 28.3 Å². The molecule has 0 amide bonds. The highest BCUT2D eigenvalue weighted by Gasteiger charge is 2.36. The van der Waals surface area contributed by atoms with E-state index in [1.165, 1.54) is 4.57 Å². The zero-order valence-corrected chi connectivity index (χ0v) is 13.5. The molecule has 1 fully saturated rings. The zero-order valence-electron chi connectivity index (χ0n) is 12.8. The van der Waals surface area contributed by atoms with Crippen molar-refractivity contribution in [2.75, 3.05) is 0 Å². The lowest BCUT2D eigenvalue weighted by molar-refractivity contribution is 0.103. The molecule has 0 spiro atoms. The number of halogens is 1. The van der Waals surface area contributed by atoms with Crippen LogP contribution in [0.5, 0.6) is 0 Å². The number of benzene rings is 1. The molecule has 1 aliphatic carbocycles. The number of rotatable bonds is 1. The summed E-state index contributed by atoms with van der Waals surface area (Å²) in [5.41, 5.74) is 2.09. The van der Waals surface area contributed by atoms with Gasteiger partial charge in [-0.1, -0.05) is 18.5 Å². The molecule has 1 aromatic carbocycles. The molecule has 3 aromatic rings. The lowest BCUT2D eigenvalue weighted by atomic mass is 10.1. The van der Waals surface area contributed by atoms with Gasteiger partial charge in [0.05, 0.1) is 28.4 Å². The summed E-state index contributed by atoms with van der Waals surface area (Å²) in [5.74, 6) is 0.856. The molecule has 5 rings (SSSR count). The smallest absolute Gasteiger partial charge is 0.266 e. The first kappa shape index (κ1) is 13.9. The van der Waals surface area contributed by atoms with E-state index in [0.717, 1.165) is 12.1 Å². The van der Waals surface area contributed by atoms with Crippen molar-refractivity contribution in [1.82, 2.24) is 14.5 Å². The molecule has 2 aliphatic rings. The molecule has 0 saturated heterocycles. The number of pyridine rings is 1. The summed E-state index contributed by atoms with van der Waals surface area (Å²) in [7, 11) is 0. The van der Waals surface area contributed by atoms with Crippen LogP contribution in [0.4, 0.5) is 0 Å². The summed E-state index contributed by atoms with van der Waals surface area (Å²) in [6, 6.07) is 6.76. The van der Waals surface area contributed by atoms with Gasteiger partial charge in [-0.3, -0.25) is 19.1 Å². The molecule has 1 unspecified atom stereocenters. The van der Waals surface area contributed by atoms with Crippen LogP contribution in [0.25, 0.3) is 16.6 Å². The van der Waals surface area contributed by atoms with Gasteiger partial charge in [-0.15, -0.1) is 0 Å². The molecular weight excluding hydrogens is 326 g/mol. The van der Waals surface area contributed by atoms with Crippen molar-refractivity contribution in [3.63, 3.8) is 0 Å². The van der Waals surface area contributed by atoms with Crippen LogP contribution in [-0.4, -0.2) is 20.3 Å². The number of fused-ring (bicyclic) bond motifs is 4. The molecule has 24 heavy (non-hydrogen) atoms. The summed E-state index contributed by atoms with van der Waals surface area (Å²) >= 11 is 5.98. The van der Waals surface area contributed by atoms with Gasteiger partial charge >= 0.3 is 0 Å². The van der Waals surface area contributed by atoms with E-state index in [1.54, 1.807) is 24.4 Å². The third kappa shape index (κ3) is 1.76. The Balaban J connectivity index is 1.81. The number of nitrogens with zero attached hydrogens (tertiary/aromatic N) is 3. The van der Waals surface area contributed by atoms with Gasteiger partial charge in [0.1, 0.15) is 0 Å². The normalized spacial score (nSPS) is 21.0. The average Bonchev–Trinajstić information content (AvgIpc) is 3.24. The van der Waals surface area contributed by atoms with Crippen LogP contribution in [0.15, 0.2) is 35.3 Å². The minimum atomic E-state index is -0.286. The number of hydrogen-bond donors (Lipinski definition) is 0. The second kappa shape index (κ2) is 4.51. The summed E-state index contributed by atoms with van der Waals surface area (Å²) in [4.78, 5) is 34.4. The standard InChI is InChI=1S/C18H12ClN3O2/c1-8-4-10(8)13-6-11-14(7-20-13)21-17-16(23)12-5-9(19)2-3-15(12)22(17)18(11)24/h2-3,5-8,10H,4H2,1H3/t8?,10-/m0/s1. The fourth-order valence-corrected chi connectivity index (χ4v) is 3.60. The van der Waals surface area contributed by atoms with E-state index in [9.17, 15) is 9.59 Å². The lowest BCUT2D eigenvalue weighted by Crippen LogP contribution is -2.21. The van der Waals surface area contributed by atoms with Crippen LogP contribution in [0.2, 0.25) is 5.02 Å². The highest BCUT2D eigenvalue weighted by atomic mass is 35.5. The van der Waals surface area contributed by atoms with Crippen molar-refractivity contribution in [3.05, 3.63) is 62.9 Å². The predicted octanol–water partition coefficient (Wildman–Crippen LogP) is 3.10. The van der Waals surface area contributed by atoms with Gasteiger partial charge in [-0.2, -0.15) is 0 Å². The Hall–Kier alpha value is -2.53. The molecule has 6 heteroatoms. The minimum absolute atomic E-state index is 0.124. The van der Waals surface area contributed by atoms with Gasteiger partial charge in [-0.05, 0) is 36.6 Å². The summed E-state index contributed by atoms with van der Waals surface area (Å²) in [6.45, 7) is 2.17. The topological polar surface area (TPSA) is 64.8 Å². The minimum Gasteiger partial charge on any atom is -0.285 e. The maximum absolute atomic E-state index is 13.0. The van der Waals surface area contributed by atoms with Crippen LogP contribution in [-0.2, 0) is 0 Å². The fraction of sp³-hybridized carbons (Fsp3) is 0.222. The Kier molecular flexibility index (Phi) is 2.61. The maximum Gasteiger partial charge on any atom is 0.266 e. The van der Waals surface area contributed by atoms with Gasteiger partial charge in [-0.25, -0.2) is 4.98 Å². The highest BCUT2D eigenvalue weighted by molar-refractivity contribution is 6.31. The third-order valence-electron chi connectivity index (χ3n) is 4.91. The van der Waals surface area contributed by atoms with Crippen LogP contribution in [0, 0.1) is 5.92 Å². The van der Waals surface area contributed by atoms with E-state index in [-0.39, 0.29) is 17.2 Å². The summed E-state index contributed by atoms with van der Waals surface area (Å²) in [6.07, 6.45) is 2.69. The Morgan fingerprint density at radius 2 is 2.04 bits per heavy atom. The Morgan fingerprint density at radius 3 is 2.79 bits per heavy atom. The van der Waals surface area contributed by atoms with Crippen LogP contribution >= 0.6 is 11.6 Å². The first-order valence-corrected chi connectivity index (χ1v) is 8.19. The largest absolute Gasteiger partial charge is 0.285 e. The van der Waals surface area contributed by atoms with E-state index < -0.39 is 0 Å². The number of aromatic nitrogens is 3. The Morgan fingerprint density at radius 1 is 1.25 bits per heavy atom. The average molecular weight is 338 g/mol. The lowest BCUT2D eigenvalue weighted by Gasteiger charge is -2.06. The summed E-state index contributed by atoms with van der Waals surface area (Å²) < 4.78 is 1.39. The third-order valence-corrected chi connectivity index (χ3v) is 5.15. The van der Waals surface area contributed by atoms with Crippen LogP contribution < -0.4 is 5.56 Å². The molecule has 0 bridgehead atoms. The molecule has 3 heterocycles. The van der Waals surface area contributed by atoms with E-state index in [2.05, 4.69) is 16.9 Å². The first-order chi connectivity index (χ1) is 11.5. The number of carbonyl (C=O) groups is 1. The molecule has 118 valence electrons. The highest BCUT2D eigenvalue weighted by Crippen LogP contribution is 2.46. The van der Waals surface area contributed by atoms with Gasteiger partial charge in [0.2, 0.25) is 5.78 Å². The van der Waals surface area contributed by atoms with Crippen LogP contribution in [0.3, 0.4) is 0 Å². The maximum atomic E-state index is 13.0. The molecule has 0 N–H and O–H groups in total. The molecule has 1 saturated carbocycles. The van der Waals surface area contributed by atoms with Crippen molar-refractivity contribution < 1.29 is 4.79 Å². The number of ketones is 1. The molecule has 1 aliphatic heterocycles. The quantitative estimate of drug-likeness (QED) is 0.535. The predicted molar refractivity (Wildman–Crippen MR) is 90.1 cm³/mol. The monoisotopic (exact) mass is 337 g/mol. The summed E-state index contributed by atoms with van der Waals surface area (Å²) in [5, 5.41) is 0.956. The van der Waals surface area contributed by atoms with Gasteiger partial charge in [0, 0.05) is 16.6 Å². The molecular formula is C18H12ClN3O2. The molecule has 0 radical (unpaired) electrons. The van der Waals surface area contributed by atoms with E-state index in [1.807, 2.05) is 6.07 Å². The molecule has 2 atom stereocenters. The Labute approximate surface area is 141 Å². The Bertz CT molecular complexity index is 1120. The van der Waals surface area contributed by atoms with Gasteiger partial charge in [0.15, 0.2) is 5.82 Å². The van der Waals surface area contributed by atoms with Crippen molar-refractivity contribution in [1.29, 1.82) is 0 Å². The number of carbonyl (C=O) groups excluding carboxylic acids is 1. The van der Waals surface area contributed by atoms with E-state index >= 15 is 0 Å². The molecule has 5 nitrogen and oxygen atoms in total. The number of hydrogen-bond acceptors (Lipinski definition) is 4. The van der Waals surface area contributed by atoms with Crippen LogP contribution in [0.1, 0.15) is 41.1 Å². The van der Waals surface area contributed by atoms with E-state index in [0.29, 0.717) is 39.0 Å². The van der Waals surface area contributed by atoms with Crippen molar-refractivity contribution in [2.24, 2.45) is 5.92 Å². The second-order valence-corrected chi connectivity index (χ2v) is 6.95. The van der Waals surface area contributed by atoms with E-state index in [4.69, 9.17) is 11.6 Å². The van der Waals surface area contributed by atoms with Gasteiger partial charge in [0.25, 0.3) is 5.56 Å².